The van der Waals surface area contributed by atoms with E-state index in [1.165, 1.54) is 52.1 Å². The first-order valence-electron chi connectivity index (χ1n) is 7.73. The van der Waals surface area contributed by atoms with E-state index in [4.69, 9.17) is 0 Å². The molecule has 0 aliphatic carbocycles. The van der Waals surface area contributed by atoms with Crippen LogP contribution in [0.2, 0.25) is 1.78 Å². The summed E-state index contributed by atoms with van der Waals surface area (Å²) in [5.41, 5.74) is 0. The molecule has 0 saturated heterocycles. The zero-order chi connectivity index (χ0) is 12.9. The fraction of sp³-hybridized carbons (Fsp3) is 1.00. The Labute approximate surface area is 134 Å². The summed E-state index contributed by atoms with van der Waals surface area (Å²) in [5.74, 6) is 0. The Bertz CT molecular complexity index is 129. The summed E-state index contributed by atoms with van der Waals surface area (Å²) < 4.78 is 3.27. The topological polar surface area (TPSA) is 6.48 Å². The number of hydrogen-bond acceptors (Lipinski definition) is 2. The number of hydrogen-bond donors (Lipinski definition) is 0. The predicted octanol–water partition coefficient (Wildman–Crippen LogP) is 2.99. The summed E-state index contributed by atoms with van der Waals surface area (Å²) in [4.78, 5) is 5.12. The minimum atomic E-state index is -0.465. The van der Waals surface area contributed by atoms with Gasteiger partial charge in [0, 0.05) is 0 Å². The quantitative estimate of drug-likeness (QED) is 0.387. The van der Waals surface area contributed by atoms with Crippen LogP contribution < -0.4 is 0 Å². The minimum absolute atomic E-state index is 0.465. The van der Waals surface area contributed by atoms with Crippen molar-refractivity contribution in [3.05, 3.63) is 0 Å². The van der Waals surface area contributed by atoms with Crippen molar-refractivity contribution < 1.29 is 0 Å². The van der Waals surface area contributed by atoms with Crippen molar-refractivity contribution in [1.29, 1.82) is 0 Å². The molecule has 0 fully saturated rings. The second-order valence-corrected chi connectivity index (χ2v) is 11.5. The molecule has 0 saturated carbocycles. The Morgan fingerprint density at radius 2 is 1.00 bits per heavy atom. The molecule has 0 atom stereocenters. The van der Waals surface area contributed by atoms with Crippen molar-refractivity contribution in [3.63, 3.8) is 0 Å². The van der Waals surface area contributed by atoms with Crippen molar-refractivity contribution >= 4 is 44.2 Å². The molecule has 0 aliphatic rings. The van der Waals surface area contributed by atoms with E-state index < -0.39 is 44.2 Å². The molecule has 0 radical (unpaired) electrons. The molecular formula is C14H32BaN2. The van der Waals surface area contributed by atoms with Gasteiger partial charge < -0.3 is 0 Å². The Morgan fingerprint density at radius 1 is 0.647 bits per heavy atom. The van der Waals surface area contributed by atoms with Crippen LogP contribution in [0.5, 0.6) is 0 Å². The van der Waals surface area contributed by atoms with Gasteiger partial charge in [0.1, 0.15) is 0 Å². The van der Waals surface area contributed by atoms with Crippen LogP contribution in [0.15, 0.2) is 0 Å². The molecule has 2 nitrogen and oxygen atoms in total. The average Bonchev–Trinajstić information content (AvgIpc) is 2.37. The summed E-state index contributed by atoms with van der Waals surface area (Å²) in [6.07, 6.45) is 2.96. The van der Waals surface area contributed by atoms with Crippen molar-refractivity contribution in [3.8, 4) is 0 Å². The molecular weight excluding hydrogens is 333 g/mol. The first-order valence-corrected chi connectivity index (χ1v) is 14.0. The van der Waals surface area contributed by atoms with Crippen LogP contribution in [0.25, 0.3) is 0 Å². The predicted molar refractivity (Wildman–Crippen MR) is 80.2 cm³/mol. The van der Waals surface area contributed by atoms with Crippen LogP contribution in [0.1, 0.15) is 40.5 Å². The third-order valence-electron chi connectivity index (χ3n) is 3.74. The van der Waals surface area contributed by atoms with Gasteiger partial charge in [-0.05, 0) is 0 Å². The molecule has 0 bridgehead atoms. The number of rotatable bonds is 12. The maximum atomic E-state index is 2.56. The number of nitrogens with zero attached hydrogens (tertiary/aromatic N) is 2. The average molecular weight is 366 g/mol. The summed E-state index contributed by atoms with van der Waals surface area (Å²) in [5, 5.41) is 0. The fourth-order valence-corrected chi connectivity index (χ4v) is 7.02. The van der Waals surface area contributed by atoms with Gasteiger partial charge in [0.2, 0.25) is 0 Å². The standard InChI is InChI=1S/2C7H16N.Ba/c2*1-4-7-8(5-2)6-3;/h2*1,4-7H2,2-3H3;. The molecule has 0 aromatic carbocycles. The molecule has 0 amide bonds. The molecule has 0 N–H and O–H groups in total. The SMILES string of the molecule is CCN(CC)CC[CH2][Ba][CH2]CCN(CC)CC. The molecule has 3 heteroatoms. The molecule has 0 aliphatic heterocycles. The summed E-state index contributed by atoms with van der Waals surface area (Å²) in [6.45, 7) is 16.7. The van der Waals surface area contributed by atoms with E-state index in [9.17, 15) is 0 Å². The van der Waals surface area contributed by atoms with Crippen molar-refractivity contribution in [2.75, 3.05) is 39.3 Å². The van der Waals surface area contributed by atoms with E-state index in [-0.39, 0.29) is 0 Å². The molecule has 0 aromatic rings. The first-order chi connectivity index (χ1) is 8.28. The van der Waals surface area contributed by atoms with Gasteiger partial charge >= 0.3 is 136 Å². The first kappa shape index (κ1) is 18.5. The molecule has 17 heavy (non-hydrogen) atoms. The molecule has 100 valence electrons. The zero-order valence-electron chi connectivity index (χ0n) is 12.7. The molecule has 0 rings (SSSR count). The normalized spacial score (nSPS) is 11.2. The van der Waals surface area contributed by atoms with Crippen LogP contribution in [-0.2, 0) is 0 Å². The third-order valence-corrected chi connectivity index (χ3v) is 10.0. The summed E-state index contributed by atoms with van der Waals surface area (Å²) in [7, 11) is 0. The van der Waals surface area contributed by atoms with E-state index >= 15 is 0 Å². The van der Waals surface area contributed by atoms with Crippen molar-refractivity contribution in [1.82, 2.24) is 9.80 Å². The van der Waals surface area contributed by atoms with Gasteiger partial charge in [0.25, 0.3) is 0 Å². The second kappa shape index (κ2) is 13.9. The monoisotopic (exact) mass is 366 g/mol. The van der Waals surface area contributed by atoms with Gasteiger partial charge in [-0.3, -0.25) is 0 Å². The molecule has 0 spiro atoms. The van der Waals surface area contributed by atoms with E-state index in [1.807, 2.05) is 0 Å². The van der Waals surface area contributed by atoms with Gasteiger partial charge in [0.05, 0.1) is 0 Å². The Hall–Kier alpha value is 1.49. The van der Waals surface area contributed by atoms with Gasteiger partial charge in [0.15, 0.2) is 0 Å². The fourth-order valence-electron chi connectivity index (χ4n) is 2.28. The van der Waals surface area contributed by atoms with Crippen LogP contribution in [-0.4, -0.2) is 93.3 Å². The Kier molecular flexibility index (Phi) is 15.1. The second-order valence-electron chi connectivity index (χ2n) is 4.82. The van der Waals surface area contributed by atoms with Crippen LogP contribution in [0, 0.1) is 0 Å². The van der Waals surface area contributed by atoms with E-state index in [0.717, 1.165) is 0 Å². The van der Waals surface area contributed by atoms with E-state index in [0.29, 0.717) is 0 Å². The summed E-state index contributed by atoms with van der Waals surface area (Å²) in [6, 6.07) is 0. The van der Waals surface area contributed by atoms with Crippen LogP contribution in [0.4, 0.5) is 0 Å². The zero-order valence-corrected chi connectivity index (χ0v) is 17.1. The van der Waals surface area contributed by atoms with Crippen LogP contribution >= 0.6 is 0 Å². The Morgan fingerprint density at radius 3 is 1.29 bits per heavy atom. The van der Waals surface area contributed by atoms with Crippen LogP contribution in [0.3, 0.4) is 0 Å². The Balaban J connectivity index is 3.23. The van der Waals surface area contributed by atoms with Gasteiger partial charge in [-0.25, -0.2) is 0 Å². The van der Waals surface area contributed by atoms with E-state index in [1.54, 1.807) is 1.78 Å². The third kappa shape index (κ3) is 11.0. The maximum absolute atomic E-state index is 2.56. The molecule has 0 heterocycles. The van der Waals surface area contributed by atoms with Gasteiger partial charge in [-0.15, -0.1) is 0 Å². The van der Waals surface area contributed by atoms with Crippen molar-refractivity contribution in [2.24, 2.45) is 0 Å². The van der Waals surface area contributed by atoms with E-state index in [2.05, 4.69) is 37.5 Å². The van der Waals surface area contributed by atoms with Crippen molar-refractivity contribution in [2.45, 2.75) is 42.3 Å². The van der Waals surface area contributed by atoms with Gasteiger partial charge in [-0.2, -0.15) is 0 Å². The summed E-state index contributed by atoms with van der Waals surface area (Å²) >= 11 is -0.465. The molecule has 0 unspecified atom stereocenters. The molecule has 0 aromatic heterocycles. The van der Waals surface area contributed by atoms with Gasteiger partial charge in [-0.1, -0.05) is 0 Å².